The van der Waals surface area contributed by atoms with Crippen LogP contribution in [0.25, 0.3) is 0 Å². The molecule has 2 aliphatic rings. The third-order valence-electron chi connectivity index (χ3n) is 3.54. The van der Waals surface area contributed by atoms with Gasteiger partial charge in [0.1, 0.15) is 0 Å². The summed E-state index contributed by atoms with van der Waals surface area (Å²) in [6, 6.07) is 0. The molecule has 2 unspecified atom stereocenters. The van der Waals surface area contributed by atoms with Crippen LogP contribution < -0.4 is 10.6 Å². The third-order valence-corrected chi connectivity index (χ3v) is 3.54. The number of carbonyl (C=O) groups excluding carboxylic acids is 1. The van der Waals surface area contributed by atoms with E-state index in [0.717, 1.165) is 26.1 Å². The number of rotatable bonds is 1. The van der Waals surface area contributed by atoms with E-state index in [1.165, 1.54) is 12.8 Å². The van der Waals surface area contributed by atoms with E-state index in [4.69, 9.17) is 0 Å². The Balaban J connectivity index is 2.01. The van der Waals surface area contributed by atoms with E-state index in [1.54, 1.807) is 0 Å². The second kappa shape index (κ2) is 3.29. The van der Waals surface area contributed by atoms with E-state index in [2.05, 4.69) is 17.6 Å². The lowest BCUT2D eigenvalue weighted by Gasteiger charge is -2.35. The Morgan fingerprint density at radius 3 is 2.92 bits per heavy atom. The summed E-state index contributed by atoms with van der Waals surface area (Å²) < 4.78 is 0. The highest BCUT2D eigenvalue weighted by molar-refractivity contribution is 5.79. The number of nitrogens with one attached hydrogen (secondary N) is 2. The van der Waals surface area contributed by atoms with Gasteiger partial charge in [-0.05, 0) is 37.3 Å². The summed E-state index contributed by atoms with van der Waals surface area (Å²) in [7, 11) is 0. The van der Waals surface area contributed by atoms with Crippen LogP contribution in [0.1, 0.15) is 26.2 Å². The standard InChI is InChI=1S/C10H18N2O/c1-10(5-9(13)12-7-10)8-3-2-4-11-6-8/h8,11H,2-7H2,1H3,(H,12,13). The van der Waals surface area contributed by atoms with Gasteiger partial charge in [-0.15, -0.1) is 0 Å². The number of amides is 1. The lowest BCUT2D eigenvalue weighted by Crippen LogP contribution is -2.40. The minimum atomic E-state index is 0.213. The fourth-order valence-corrected chi connectivity index (χ4v) is 2.53. The molecular formula is C10H18N2O. The van der Waals surface area contributed by atoms with Gasteiger partial charge in [-0.1, -0.05) is 6.92 Å². The molecule has 0 aromatic heterocycles. The lowest BCUT2D eigenvalue weighted by molar-refractivity contribution is -0.119. The first kappa shape index (κ1) is 9.00. The van der Waals surface area contributed by atoms with E-state index >= 15 is 0 Å². The van der Waals surface area contributed by atoms with Crippen molar-refractivity contribution < 1.29 is 4.79 Å². The van der Waals surface area contributed by atoms with Crippen molar-refractivity contribution >= 4 is 5.91 Å². The fourth-order valence-electron chi connectivity index (χ4n) is 2.53. The Bertz CT molecular complexity index is 211. The van der Waals surface area contributed by atoms with Crippen LogP contribution in [0.15, 0.2) is 0 Å². The maximum Gasteiger partial charge on any atom is 0.220 e. The van der Waals surface area contributed by atoms with Gasteiger partial charge in [0.15, 0.2) is 0 Å². The first-order chi connectivity index (χ1) is 6.21. The molecule has 0 spiro atoms. The van der Waals surface area contributed by atoms with E-state index < -0.39 is 0 Å². The molecule has 2 atom stereocenters. The molecular weight excluding hydrogens is 164 g/mol. The summed E-state index contributed by atoms with van der Waals surface area (Å²) in [6.45, 7) is 5.35. The van der Waals surface area contributed by atoms with Crippen LogP contribution in [0.5, 0.6) is 0 Å². The van der Waals surface area contributed by atoms with Crippen LogP contribution >= 0.6 is 0 Å². The van der Waals surface area contributed by atoms with Crippen molar-refractivity contribution in [2.75, 3.05) is 19.6 Å². The summed E-state index contributed by atoms with van der Waals surface area (Å²) >= 11 is 0. The average Bonchev–Trinajstić information content (AvgIpc) is 2.49. The minimum absolute atomic E-state index is 0.213. The minimum Gasteiger partial charge on any atom is -0.356 e. The molecule has 3 nitrogen and oxygen atoms in total. The monoisotopic (exact) mass is 182 g/mol. The highest BCUT2D eigenvalue weighted by Crippen LogP contribution is 2.37. The normalized spacial score (nSPS) is 40.4. The number of hydrogen-bond donors (Lipinski definition) is 2. The summed E-state index contributed by atoms with van der Waals surface area (Å²) in [5.41, 5.74) is 0.213. The van der Waals surface area contributed by atoms with Gasteiger partial charge < -0.3 is 10.6 Å². The van der Waals surface area contributed by atoms with Crippen LogP contribution in [-0.2, 0) is 4.79 Å². The Labute approximate surface area is 79.3 Å². The summed E-state index contributed by atoms with van der Waals surface area (Å²) in [5.74, 6) is 0.910. The molecule has 2 fully saturated rings. The summed E-state index contributed by atoms with van der Waals surface area (Å²) in [6.07, 6.45) is 3.26. The zero-order chi connectivity index (χ0) is 9.31. The van der Waals surface area contributed by atoms with Crippen LogP contribution in [0.2, 0.25) is 0 Å². The Kier molecular flexibility index (Phi) is 2.28. The zero-order valence-corrected chi connectivity index (χ0v) is 8.23. The predicted molar refractivity (Wildman–Crippen MR) is 51.3 cm³/mol. The zero-order valence-electron chi connectivity index (χ0n) is 8.23. The van der Waals surface area contributed by atoms with Gasteiger partial charge in [0.25, 0.3) is 0 Å². The maximum absolute atomic E-state index is 11.2. The van der Waals surface area contributed by atoms with Gasteiger partial charge in [0.2, 0.25) is 5.91 Å². The fraction of sp³-hybridized carbons (Fsp3) is 0.900. The van der Waals surface area contributed by atoms with E-state index in [-0.39, 0.29) is 11.3 Å². The maximum atomic E-state index is 11.2. The van der Waals surface area contributed by atoms with E-state index in [1.807, 2.05) is 0 Å². The number of carbonyl (C=O) groups is 1. The van der Waals surface area contributed by atoms with Crippen molar-refractivity contribution in [3.05, 3.63) is 0 Å². The molecule has 2 saturated heterocycles. The van der Waals surface area contributed by atoms with Crippen molar-refractivity contribution in [3.63, 3.8) is 0 Å². The van der Waals surface area contributed by atoms with Gasteiger partial charge in [0.05, 0.1) is 0 Å². The van der Waals surface area contributed by atoms with Gasteiger partial charge in [-0.25, -0.2) is 0 Å². The third kappa shape index (κ3) is 1.70. The van der Waals surface area contributed by atoms with Gasteiger partial charge in [0, 0.05) is 13.0 Å². The van der Waals surface area contributed by atoms with Crippen LogP contribution in [0.3, 0.4) is 0 Å². The summed E-state index contributed by atoms with van der Waals surface area (Å²) in [4.78, 5) is 11.2. The highest BCUT2D eigenvalue weighted by Gasteiger charge is 2.40. The second-order valence-electron chi connectivity index (χ2n) is 4.65. The smallest absolute Gasteiger partial charge is 0.220 e. The largest absolute Gasteiger partial charge is 0.356 e. The Morgan fingerprint density at radius 2 is 2.38 bits per heavy atom. The molecule has 2 aliphatic heterocycles. The predicted octanol–water partition coefficient (Wildman–Crippen LogP) is 0.512. The lowest BCUT2D eigenvalue weighted by atomic mass is 9.73. The molecule has 2 rings (SSSR count). The van der Waals surface area contributed by atoms with Crippen molar-refractivity contribution in [1.82, 2.24) is 10.6 Å². The molecule has 0 bridgehead atoms. The van der Waals surface area contributed by atoms with Gasteiger partial charge in [-0.2, -0.15) is 0 Å². The molecule has 74 valence electrons. The Morgan fingerprint density at radius 1 is 1.54 bits per heavy atom. The van der Waals surface area contributed by atoms with Crippen molar-refractivity contribution in [2.24, 2.45) is 11.3 Å². The topological polar surface area (TPSA) is 41.1 Å². The Hall–Kier alpha value is -0.570. The highest BCUT2D eigenvalue weighted by atomic mass is 16.1. The number of hydrogen-bond acceptors (Lipinski definition) is 2. The van der Waals surface area contributed by atoms with Crippen molar-refractivity contribution in [2.45, 2.75) is 26.2 Å². The van der Waals surface area contributed by atoms with Gasteiger partial charge >= 0.3 is 0 Å². The van der Waals surface area contributed by atoms with Crippen LogP contribution in [0.4, 0.5) is 0 Å². The molecule has 2 N–H and O–H groups in total. The van der Waals surface area contributed by atoms with Crippen LogP contribution in [-0.4, -0.2) is 25.5 Å². The molecule has 0 radical (unpaired) electrons. The average molecular weight is 182 g/mol. The SMILES string of the molecule is CC1(C2CCCNC2)CNC(=O)C1. The molecule has 0 saturated carbocycles. The van der Waals surface area contributed by atoms with Crippen molar-refractivity contribution in [3.8, 4) is 0 Å². The summed E-state index contributed by atoms with van der Waals surface area (Å²) in [5, 5.41) is 6.35. The molecule has 2 heterocycles. The molecule has 3 heteroatoms. The second-order valence-corrected chi connectivity index (χ2v) is 4.65. The van der Waals surface area contributed by atoms with Crippen molar-refractivity contribution in [1.29, 1.82) is 0 Å². The number of piperidine rings is 1. The molecule has 0 aliphatic carbocycles. The van der Waals surface area contributed by atoms with E-state index in [0.29, 0.717) is 5.92 Å². The first-order valence-electron chi connectivity index (χ1n) is 5.18. The quantitative estimate of drug-likeness (QED) is 0.620. The van der Waals surface area contributed by atoms with Gasteiger partial charge in [-0.3, -0.25) is 4.79 Å². The molecule has 0 aromatic rings. The van der Waals surface area contributed by atoms with Crippen LogP contribution in [0, 0.1) is 11.3 Å². The molecule has 1 amide bonds. The first-order valence-corrected chi connectivity index (χ1v) is 5.18. The molecule has 13 heavy (non-hydrogen) atoms. The molecule has 0 aromatic carbocycles. The van der Waals surface area contributed by atoms with E-state index in [9.17, 15) is 4.79 Å².